The van der Waals surface area contributed by atoms with Gasteiger partial charge in [-0.25, -0.2) is 5.43 Å². The number of nitrogens with one attached hydrogen (secondary N) is 1. The van der Waals surface area contributed by atoms with Crippen LogP contribution in [-0.2, 0) is 4.79 Å². The van der Waals surface area contributed by atoms with Crippen molar-refractivity contribution < 1.29 is 19.0 Å². The van der Waals surface area contributed by atoms with Gasteiger partial charge in [-0.2, -0.15) is 5.10 Å². The molecule has 0 saturated heterocycles. The van der Waals surface area contributed by atoms with Crippen LogP contribution in [0.4, 0.5) is 0 Å². The van der Waals surface area contributed by atoms with Crippen LogP contribution in [0.15, 0.2) is 46.0 Å². The van der Waals surface area contributed by atoms with Gasteiger partial charge in [-0.15, -0.1) is 0 Å². The Morgan fingerprint density at radius 1 is 1.03 bits per heavy atom. The zero-order chi connectivity index (χ0) is 21.1. The number of aryl methyl sites for hydroxylation is 1. The number of hydrogen-bond donors (Lipinski definition) is 1. The molecule has 0 atom stereocenters. The normalized spacial score (nSPS) is 10.8. The first-order chi connectivity index (χ1) is 14.0. The molecule has 1 amide bonds. The smallest absolute Gasteiger partial charge is 0.240 e. The van der Waals surface area contributed by atoms with Gasteiger partial charge in [0.05, 0.1) is 30.5 Å². The predicted molar refractivity (Wildman–Crippen MR) is 118 cm³/mol. The first-order valence-electron chi connectivity index (χ1n) is 9.64. The molecule has 0 aliphatic heterocycles. The summed E-state index contributed by atoms with van der Waals surface area (Å²) in [5.74, 6) is 1.96. The van der Waals surface area contributed by atoms with Crippen LogP contribution in [0.3, 0.4) is 0 Å². The minimum Gasteiger partial charge on any atom is -0.492 e. The van der Waals surface area contributed by atoms with Gasteiger partial charge in [0.25, 0.3) is 0 Å². The number of rotatable bonds is 11. The molecule has 0 heterocycles. The summed E-state index contributed by atoms with van der Waals surface area (Å²) >= 11 is 3.47. The van der Waals surface area contributed by atoms with Crippen molar-refractivity contribution >= 4 is 28.1 Å². The number of ether oxygens (including phenoxy) is 3. The lowest BCUT2D eigenvalue weighted by Crippen LogP contribution is -2.18. The van der Waals surface area contributed by atoms with E-state index in [9.17, 15) is 4.79 Å². The Balaban J connectivity index is 1.76. The van der Waals surface area contributed by atoms with Crippen LogP contribution < -0.4 is 19.6 Å². The van der Waals surface area contributed by atoms with Crippen molar-refractivity contribution in [2.24, 2.45) is 5.10 Å². The molecule has 156 valence electrons. The van der Waals surface area contributed by atoms with Gasteiger partial charge in [0.1, 0.15) is 5.75 Å². The van der Waals surface area contributed by atoms with Crippen molar-refractivity contribution in [2.75, 3.05) is 19.8 Å². The highest BCUT2D eigenvalue weighted by Crippen LogP contribution is 2.28. The molecule has 6 nitrogen and oxygen atoms in total. The number of carbonyl (C=O) groups is 1. The molecule has 2 aromatic carbocycles. The van der Waals surface area contributed by atoms with Crippen LogP contribution in [0.1, 0.15) is 37.8 Å². The van der Waals surface area contributed by atoms with Crippen molar-refractivity contribution in [1.29, 1.82) is 0 Å². The summed E-state index contributed by atoms with van der Waals surface area (Å²) in [7, 11) is 0. The molecule has 0 saturated carbocycles. The zero-order valence-electron chi connectivity index (χ0n) is 17.0. The molecule has 1 N–H and O–H groups in total. The number of carbonyl (C=O) groups excluding carboxylic acids is 1. The molecule has 0 fully saturated rings. The number of hydrogen-bond acceptors (Lipinski definition) is 5. The highest BCUT2D eigenvalue weighted by atomic mass is 79.9. The van der Waals surface area contributed by atoms with Crippen LogP contribution in [0, 0.1) is 6.92 Å². The Morgan fingerprint density at radius 2 is 1.76 bits per heavy atom. The summed E-state index contributed by atoms with van der Waals surface area (Å²) in [4.78, 5) is 11.9. The molecule has 2 rings (SSSR count). The number of halogens is 1. The van der Waals surface area contributed by atoms with Crippen molar-refractivity contribution in [3.05, 3.63) is 52.0 Å². The molecule has 7 heteroatoms. The zero-order valence-corrected chi connectivity index (χ0v) is 18.6. The second kappa shape index (κ2) is 12.1. The fourth-order valence-electron chi connectivity index (χ4n) is 2.52. The number of hydrazone groups is 1. The molecule has 0 aliphatic rings. The first-order valence-corrected chi connectivity index (χ1v) is 10.4. The lowest BCUT2D eigenvalue weighted by atomic mass is 10.2. The number of amides is 1. The lowest BCUT2D eigenvalue weighted by molar-refractivity contribution is -0.121. The standard InChI is InChI=1S/C22H27BrN2O4/c1-4-27-20-11-9-17(14-21(20)28-5-2)15-24-25-22(26)7-6-12-29-19-10-8-16(3)13-18(19)23/h8-11,13-15H,4-7,12H2,1-3H3,(H,25,26)/b24-15+. The predicted octanol–water partition coefficient (Wildman–Crippen LogP) is 4.86. The van der Waals surface area contributed by atoms with Crippen LogP contribution in [0.25, 0.3) is 0 Å². The van der Waals surface area contributed by atoms with Crippen LogP contribution >= 0.6 is 15.9 Å². The van der Waals surface area contributed by atoms with Crippen LogP contribution in [0.2, 0.25) is 0 Å². The van der Waals surface area contributed by atoms with E-state index < -0.39 is 0 Å². The maximum atomic E-state index is 11.9. The third-order valence-corrected chi connectivity index (χ3v) is 4.48. The van der Waals surface area contributed by atoms with E-state index >= 15 is 0 Å². The van der Waals surface area contributed by atoms with Gasteiger partial charge in [-0.05, 0) is 84.6 Å². The van der Waals surface area contributed by atoms with E-state index in [1.165, 1.54) is 0 Å². The Labute approximate surface area is 180 Å². The van der Waals surface area contributed by atoms with E-state index in [4.69, 9.17) is 14.2 Å². The third kappa shape index (κ3) is 7.77. The Morgan fingerprint density at radius 3 is 2.48 bits per heavy atom. The fraction of sp³-hybridized carbons (Fsp3) is 0.364. The number of nitrogens with zero attached hydrogens (tertiary/aromatic N) is 1. The molecule has 0 spiro atoms. The van der Waals surface area contributed by atoms with Gasteiger partial charge < -0.3 is 14.2 Å². The molecule has 0 radical (unpaired) electrons. The van der Waals surface area contributed by atoms with E-state index in [1.54, 1.807) is 6.21 Å². The van der Waals surface area contributed by atoms with Crippen LogP contribution in [-0.4, -0.2) is 31.9 Å². The molecule has 0 aromatic heterocycles. The van der Waals surface area contributed by atoms with E-state index in [-0.39, 0.29) is 5.91 Å². The van der Waals surface area contributed by atoms with E-state index in [2.05, 4.69) is 26.5 Å². The van der Waals surface area contributed by atoms with Gasteiger partial charge in [-0.3, -0.25) is 4.79 Å². The number of benzene rings is 2. The molecular weight excluding hydrogens is 436 g/mol. The lowest BCUT2D eigenvalue weighted by Gasteiger charge is -2.11. The quantitative estimate of drug-likeness (QED) is 0.294. The van der Waals surface area contributed by atoms with Crippen molar-refractivity contribution in [1.82, 2.24) is 5.43 Å². The van der Waals surface area contributed by atoms with Gasteiger partial charge in [0, 0.05) is 6.42 Å². The summed E-state index contributed by atoms with van der Waals surface area (Å²) in [5.41, 5.74) is 4.50. The summed E-state index contributed by atoms with van der Waals surface area (Å²) in [6, 6.07) is 11.4. The van der Waals surface area contributed by atoms with Gasteiger partial charge in [0.15, 0.2) is 11.5 Å². The highest BCUT2D eigenvalue weighted by Gasteiger charge is 2.06. The van der Waals surface area contributed by atoms with Crippen molar-refractivity contribution in [2.45, 2.75) is 33.6 Å². The fourth-order valence-corrected chi connectivity index (χ4v) is 3.13. The monoisotopic (exact) mass is 462 g/mol. The largest absolute Gasteiger partial charge is 0.492 e. The Hall–Kier alpha value is -2.54. The molecule has 0 unspecified atom stereocenters. The van der Waals surface area contributed by atoms with Crippen molar-refractivity contribution in [3.8, 4) is 17.2 Å². The summed E-state index contributed by atoms with van der Waals surface area (Å²) in [6.07, 6.45) is 2.50. The molecule has 0 bridgehead atoms. The maximum absolute atomic E-state index is 11.9. The molecule has 29 heavy (non-hydrogen) atoms. The minimum absolute atomic E-state index is 0.163. The van der Waals surface area contributed by atoms with E-state index in [0.717, 1.165) is 21.3 Å². The highest BCUT2D eigenvalue weighted by molar-refractivity contribution is 9.10. The summed E-state index contributed by atoms with van der Waals surface area (Å²) in [6.45, 7) is 7.41. The van der Waals surface area contributed by atoms with E-state index in [0.29, 0.717) is 44.2 Å². The van der Waals surface area contributed by atoms with Crippen LogP contribution in [0.5, 0.6) is 17.2 Å². The third-order valence-electron chi connectivity index (χ3n) is 3.86. The first kappa shape index (κ1) is 22.7. The second-order valence-electron chi connectivity index (χ2n) is 6.25. The second-order valence-corrected chi connectivity index (χ2v) is 7.11. The molecular formula is C22H27BrN2O4. The van der Waals surface area contributed by atoms with E-state index in [1.807, 2.05) is 57.2 Å². The van der Waals surface area contributed by atoms with Gasteiger partial charge in [0.2, 0.25) is 5.91 Å². The average Bonchev–Trinajstić information content (AvgIpc) is 2.69. The Bertz CT molecular complexity index is 840. The summed E-state index contributed by atoms with van der Waals surface area (Å²) < 4.78 is 17.7. The van der Waals surface area contributed by atoms with Gasteiger partial charge >= 0.3 is 0 Å². The van der Waals surface area contributed by atoms with Crippen molar-refractivity contribution in [3.63, 3.8) is 0 Å². The Kier molecular flexibility index (Phi) is 9.50. The summed E-state index contributed by atoms with van der Waals surface area (Å²) in [5, 5.41) is 4.01. The SMILES string of the molecule is CCOc1ccc(/C=N/NC(=O)CCCOc2ccc(C)cc2Br)cc1OCC. The molecule has 0 aliphatic carbocycles. The average molecular weight is 463 g/mol. The molecule has 2 aromatic rings. The minimum atomic E-state index is -0.163. The maximum Gasteiger partial charge on any atom is 0.240 e. The van der Waals surface area contributed by atoms with Gasteiger partial charge in [-0.1, -0.05) is 6.07 Å². The topological polar surface area (TPSA) is 69.2 Å².